The van der Waals surface area contributed by atoms with Crippen molar-refractivity contribution < 1.29 is 4.79 Å². The van der Waals surface area contributed by atoms with Gasteiger partial charge in [-0.3, -0.25) is 14.8 Å². The fraction of sp³-hybridized carbons (Fsp3) is 0.200. The highest BCUT2D eigenvalue weighted by molar-refractivity contribution is 6.31. The molecule has 1 aromatic carbocycles. The number of nitrogens with zero attached hydrogens (tertiary/aromatic N) is 3. The van der Waals surface area contributed by atoms with E-state index in [2.05, 4.69) is 26.3 Å². The van der Waals surface area contributed by atoms with Gasteiger partial charge >= 0.3 is 0 Å². The molecule has 6 nitrogen and oxygen atoms in total. The van der Waals surface area contributed by atoms with Gasteiger partial charge in [0.25, 0.3) is 5.91 Å². The van der Waals surface area contributed by atoms with Crippen LogP contribution in [-0.2, 0) is 13.0 Å². The molecule has 0 fully saturated rings. The summed E-state index contributed by atoms with van der Waals surface area (Å²) in [7, 11) is 0. The Morgan fingerprint density at radius 2 is 1.88 bits per heavy atom. The van der Waals surface area contributed by atoms with E-state index in [-0.39, 0.29) is 5.91 Å². The maximum Gasteiger partial charge on any atom is 0.251 e. The van der Waals surface area contributed by atoms with Crippen LogP contribution in [-0.4, -0.2) is 20.9 Å². The number of fused-ring (bicyclic) bond motifs is 1. The smallest absolute Gasteiger partial charge is 0.251 e. The first-order valence-corrected chi connectivity index (χ1v) is 10.7. The van der Waals surface area contributed by atoms with Crippen molar-refractivity contribution in [3.8, 4) is 0 Å². The molecule has 7 heteroatoms. The average molecular weight is 446 g/mol. The topological polar surface area (TPSA) is 93.8 Å². The van der Waals surface area contributed by atoms with Gasteiger partial charge in [-0.15, -0.1) is 0 Å². The molecule has 4 rings (SSSR count). The third-order valence-electron chi connectivity index (χ3n) is 5.37. The minimum Gasteiger partial charge on any atom is -0.384 e. The lowest BCUT2D eigenvalue weighted by Gasteiger charge is -2.12. The lowest BCUT2D eigenvalue weighted by Crippen LogP contribution is -2.24. The second-order valence-electron chi connectivity index (χ2n) is 7.96. The molecule has 0 unspecified atom stereocenters. The SMILES string of the molecule is Cc1cc(C(=O)NCc2c(C)cc(N)nc2C)cc(Cc2ccc3ncc(Cl)cc3c2)n1. The number of halogens is 1. The molecule has 4 aromatic rings. The number of pyridine rings is 3. The van der Waals surface area contributed by atoms with Crippen LogP contribution in [0.1, 0.15) is 44.1 Å². The van der Waals surface area contributed by atoms with E-state index in [4.69, 9.17) is 17.3 Å². The van der Waals surface area contributed by atoms with Crippen molar-refractivity contribution in [1.29, 1.82) is 0 Å². The first-order chi connectivity index (χ1) is 15.3. The molecule has 0 aliphatic heterocycles. The third-order valence-corrected chi connectivity index (χ3v) is 5.57. The van der Waals surface area contributed by atoms with Gasteiger partial charge in [-0.25, -0.2) is 4.98 Å². The summed E-state index contributed by atoms with van der Waals surface area (Å²) in [6.45, 7) is 6.14. The van der Waals surface area contributed by atoms with Crippen molar-refractivity contribution >= 4 is 34.2 Å². The quantitative estimate of drug-likeness (QED) is 0.464. The summed E-state index contributed by atoms with van der Waals surface area (Å²) in [5.41, 5.74) is 12.8. The predicted molar refractivity (Wildman–Crippen MR) is 128 cm³/mol. The average Bonchev–Trinajstić information content (AvgIpc) is 2.72. The van der Waals surface area contributed by atoms with Crippen molar-refractivity contribution in [3.63, 3.8) is 0 Å². The highest BCUT2D eigenvalue weighted by Gasteiger charge is 2.12. The fourth-order valence-corrected chi connectivity index (χ4v) is 4.02. The maximum atomic E-state index is 12.9. The molecular formula is C25H24ClN5O. The summed E-state index contributed by atoms with van der Waals surface area (Å²) < 4.78 is 0. The van der Waals surface area contributed by atoms with Gasteiger partial charge in [0.15, 0.2) is 0 Å². The van der Waals surface area contributed by atoms with E-state index in [0.29, 0.717) is 29.4 Å². The lowest BCUT2D eigenvalue weighted by molar-refractivity contribution is 0.0950. The Labute approximate surface area is 191 Å². The number of carbonyl (C=O) groups is 1. The molecule has 0 atom stereocenters. The highest BCUT2D eigenvalue weighted by Crippen LogP contribution is 2.20. The van der Waals surface area contributed by atoms with Crippen LogP contribution in [0.4, 0.5) is 5.82 Å². The minimum atomic E-state index is -0.151. The van der Waals surface area contributed by atoms with Crippen LogP contribution in [0.15, 0.2) is 48.7 Å². The van der Waals surface area contributed by atoms with E-state index in [9.17, 15) is 4.79 Å². The van der Waals surface area contributed by atoms with Crippen molar-refractivity contribution in [3.05, 3.63) is 93.0 Å². The highest BCUT2D eigenvalue weighted by atomic mass is 35.5. The van der Waals surface area contributed by atoms with Gasteiger partial charge in [0, 0.05) is 47.2 Å². The van der Waals surface area contributed by atoms with Crippen molar-refractivity contribution in [2.45, 2.75) is 33.7 Å². The summed E-state index contributed by atoms with van der Waals surface area (Å²) in [6, 6.07) is 13.4. The minimum absolute atomic E-state index is 0.151. The van der Waals surface area contributed by atoms with Crippen LogP contribution in [0.25, 0.3) is 10.9 Å². The monoisotopic (exact) mass is 445 g/mol. The van der Waals surface area contributed by atoms with Gasteiger partial charge in [0.05, 0.1) is 10.5 Å². The molecule has 0 radical (unpaired) electrons. The molecule has 0 saturated carbocycles. The standard InChI is InChI=1S/C25H24ClN5O/c1-14-6-24(27)31-16(3)22(14)13-29-25(32)19-7-15(2)30-21(11-19)9-17-4-5-23-18(8-17)10-20(26)12-28-23/h4-8,10-12H,9,13H2,1-3H3,(H2,27,31)(H,29,32). The number of hydrogen-bond donors (Lipinski definition) is 2. The van der Waals surface area contributed by atoms with Gasteiger partial charge in [-0.2, -0.15) is 0 Å². The summed E-state index contributed by atoms with van der Waals surface area (Å²) in [5, 5.41) is 4.57. The first kappa shape index (κ1) is 21.7. The number of carbonyl (C=O) groups excluding carboxylic acids is 1. The fourth-order valence-electron chi connectivity index (χ4n) is 3.86. The molecule has 3 aromatic heterocycles. The molecule has 1 amide bonds. The number of anilines is 1. The zero-order valence-corrected chi connectivity index (χ0v) is 19.0. The molecule has 0 bridgehead atoms. The number of nitrogens with two attached hydrogens (primary N) is 1. The van der Waals surface area contributed by atoms with Crippen LogP contribution in [0.3, 0.4) is 0 Å². The zero-order chi connectivity index (χ0) is 22.8. The summed E-state index contributed by atoms with van der Waals surface area (Å²) in [4.78, 5) is 26.1. The molecule has 0 spiro atoms. The normalized spacial score (nSPS) is 11.0. The van der Waals surface area contributed by atoms with E-state index >= 15 is 0 Å². The third kappa shape index (κ3) is 4.86. The molecule has 3 N–H and O–H groups in total. The van der Waals surface area contributed by atoms with Crippen molar-refractivity contribution in [2.75, 3.05) is 5.73 Å². The van der Waals surface area contributed by atoms with E-state index in [1.54, 1.807) is 12.3 Å². The van der Waals surface area contributed by atoms with Gasteiger partial charge in [0.1, 0.15) is 5.82 Å². The Hall–Kier alpha value is -3.51. The van der Waals surface area contributed by atoms with Crippen LogP contribution in [0, 0.1) is 20.8 Å². The van der Waals surface area contributed by atoms with Gasteiger partial charge in [-0.1, -0.05) is 17.7 Å². The number of nitrogen functional groups attached to an aromatic ring is 1. The Bertz CT molecular complexity index is 1310. The van der Waals surface area contributed by atoms with Crippen LogP contribution >= 0.6 is 11.6 Å². The number of nitrogens with one attached hydrogen (secondary N) is 1. The number of aryl methyl sites for hydroxylation is 3. The Morgan fingerprint density at radius 3 is 2.66 bits per heavy atom. The number of benzene rings is 1. The first-order valence-electron chi connectivity index (χ1n) is 10.3. The summed E-state index contributed by atoms with van der Waals surface area (Å²) in [5.74, 6) is 0.332. The van der Waals surface area contributed by atoms with Crippen molar-refractivity contribution in [1.82, 2.24) is 20.3 Å². The molecule has 0 aliphatic carbocycles. The molecular weight excluding hydrogens is 422 g/mol. The van der Waals surface area contributed by atoms with Crippen LogP contribution < -0.4 is 11.1 Å². The van der Waals surface area contributed by atoms with Gasteiger partial charge in [-0.05, 0) is 73.9 Å². The zero-order valence-electron chi connectivity index (χ0n) is 18.2. The molecule has 162 valence electrons. The van der Waals surface area contributed by atoms with Gasteiger partial charge in [0.2, 0.25) is 0 Å². The van der Waals surface area contributed by atoms with Crippen LogP contribution in [0.2, 0.25) is 5.02 Å². The van der Waals surface area contributed by atoms with Gasteiger partial charge < -0.3 is 11.1 Å². The molecule has 0 aliphatic rings. The largest absolute Gasteiger partial charge is 0.384 e. The number of rotatable bonds is 5. The van der Waals surface area contributed by atoms with E-state index in [1.165, 1.54) is 0 Å². The number of aromatic nitrogens is 3. The van der Waals surface area contributed by atoms with E-state index in [0.717, 1.165) is 44.7 Å². The Balaban J connectivity index is 1.53. The van der Waals surface area contributed by atoms with E-state index in [1.807, 2.05) is 51.1 Å². The Kier molecular flexibility index (Phi) is 6.06. The molecule has 32 heavy (non-hydrogen) atoms. The number of amides is 1. The summed E-state index contributed by atoms with van der Waals surface area (Å²) in [6.07, 6.45) is 2.24. The van der Waals surface area contributed by atoms with Crippen LogP contribution in [0.5, 0.6) is 0 Å². The predicted octanol–water partition coefficient (Wildman–Crippen LogP) is 4.71. The second-order valence-corrected chi connectivity index (χ2v) is 8.39. The number of hydrogen-bond acceptors (Lipinski definition) is 5. The maximum absolute atomic E-state index is 12.9. The molecule has 3 heterocycles. The van der Waals surface area contributed by atoms with E-state index < -0.39 is 0 Å². The lowest BCUT2D eigenvalue weighted by atomic mass is 10.0. The van der Waals surface area contributed by atoms with Crippen molar-refractivity contribution in [2.24, 2.45) is 0 Å². The Morgan fingerprint density at radius 1 is 1.06 bits per heavy atom. The molecule has 0 saturated heterocycles. The summed E-state index contributed by atoms with van der Waals surface area (Å²) >= 11 is 6.08. The second kappa shape index (κ2) is 8.93.